The summed E-state index contributed by atoms with van der Waals surface area (Å²) in [6.07, 6.45) is 3.87. The van der Waals surface area contributed by atoms with Crippen LogP contribution in [-0.4, -0.2) is 40.0 Å². The smallest absolute Gasteiger partial charge is 0.225 e. The van der Waals surface area contributed by atoms with E-state index in [1.165, 1.54) is 17.0 Å². The molecule has 6 nitrogen and oxygen atoms in total. The van der Waals surface area contributed by atoms with Crippen LogP contribution in [0.3, 0.4) is 0 Å². The predicted molar refractivity (Wildman–Crippen MR) is 136 cm³/mol. The molecule has 34 heavy (non-hydrogen) atoms. The van der Waals surface area contributed by atoms with Crippen molar-refractivity contribution >= 4 is 44.5 Å². The Labute approximate surface area is 206 Å². The maximum absolute atomic E-state index is 13.4. The van der Waals surface area contributed by atoms with Gasteiger partial charge in [-0.1, -0.05) is 23.5 Å². The van der Waals surface area contributed by atoms with Crippen LogP contribution in [0.1, 0.15) is 24.1 Å². The molecule has 1 atom stereocenters. The van der Waals surface area contributed by atoms with E-state index in [2.05, 4.69) is 45.8 Å². The van der Waals surface area contributed by atoms with Gasteiger partial charge in [-0.3, -0.25) is 4.79 Å². The van der Waals surface area contributed by atoms with Crippen LogP contribution in [0, 0.1) is 18.7 Å². The summed E-state index contributed by atoms with van der Waals surface area (Å²) >= 11 is 3.31. The fourth-order valence-corrected chi connectivity index (χ4v) is 5.69. The molecule has 1 aliphatic heterocycles. The lowest BCUT2D eigenvalue weighted by Gasteiger charge is -2.31. The van der Waals surface area contributed by atoms with Crippen molar-refractivity contribution in [3.63, 3.8) is 0 Å². The molecule has 2 aromatic heterocycles. The number of aryl methyl sites for hydroxylation is 1. The highest BCUT2D eigenvalue weighted by atomic mass is 32.2. The maximum Gasteiger partial charge on any atom is 0.225 e. The Morgan fingerprint density at radius 3 is 2.71 bits per heavy atom. The van der Waals surface area contributed by atoms with E-state index in [0.29, 0.717) is 13.1 Å². The van der Waals surface area contributed by atoms with Gasteiger partial charge in [0.05, 0.1) is 22.0 Å². The molecule has 0 bridgehead atoms. The van der Waals surface area contributed by atoms with Crippen molar-refractivity contribution in [1.82, 2.24) is 20.1 Å². The summed E-state index contributed by atoms with van der Waals surface area (Å²) in [7, 11) is 0. The molecule has 3 heterocycles. The van der Waals surface area contributed by atoms with E-state index >= 15 is 0 Å². The maximum atomic E-state index is 13.4. The lowest BCUT2D eigenvalue weighted by atomic mass is 9.97. The molecule has 1 N–H and O–H groups in total. The van der Waals surface area contributed by atoms with E-state index in [0.717, 1.165) is 51.8 Å². The summed E-state index contributed by atoms with van der Waals surface area (Å²) in [5.41, 5.74) is 3.54. The topological polar surface area (TPSA) is 63.1 Å². The van der Waals surface area contributed by atoms with Crippen LogP contribution in [0.15, 0.2) is 53.4 Å². The highest BCUT2D eigenvalue weighted by Crippen LogP contribution is 2.34. The summed E-state index contributed by atoms with van der Waals surface area (Å²) < 4.78 is 16.1. The van der Waals surface area contributed by atoms with Gasteiger partial charge in [-0.2, -0.15) is 10.1 Å². The SMILES string of the molecule is CSc1ccc(CNC(=O)[C@H]2CCCN(c3nc4c(s3)c(C)nn4-c3ccc(F)cc3)C2)cc1. The van der Waals surface area contributed by atoms with Crippen LogP contribution >= 0.6 is 23.1 Å². The monoisotopic (exact) mass is 495 g/mol. The first kappa shape index (κ1) is 22.9. The number of halogens is 1. The molecule has 1 aliphatic rings. The fraction of sp³-hybridized carbons (Fsp3) is 0.320. The number of hydrogen-bond acceptors (Lipinski definition) is 6. The first-order valence-corrected chi connectivity index (χ1v) is 13.3. The molecule has 0 spiro atoms. The molecule has 2 aromatic carbocycles. The second-order valence-corrected chi connectivity index (χ2v) is 10.3. The summed E-state index contributed by atoms with van der Waals surface area (Å²) in [5, 5.41) is 8.61. The standard InChI is InChI=1S/C25H26FN5OS2/c1-16-22-23(31(29-16)20-9-7-19(26)8-10-20)28-25(34-22)30-13-3-4-18(15-30)24(32)27-14-17-5-11-21(33-2)12-6-17/h5-12,18H,3-4,13-15H2,1-2H3,(H,27,32)/t18-/m0/s1. The van der Waals surface area contributed by atoms with Crippen LogP contribution in [0.25, 0.3) is 16.0 Å². The Morgan fingerprint density at radius 2 is 1.97 bits per heavy atom. The number of thioether (sulfide) groups is 1. The highest BCUT2D eigenvalue weighted by molar-refractivity contribution is 7.98. The van der Waals surface area contributed by atoms with E-state index < -0.39 is 0 Å². The van der Waals surface area contributed by atoms with Gasteiger partial charge in [-0.15, -0.1) is 11.8 Å². The highest BCUT2D eigenvalue weighted by Gasteiger charge is 2.28. The molecular formula is C25H26FN5OS2. The van der Waals surface area contributed by atoms with Crippen molar-refractivity contribution in [2.24, 2.45) is 5.92 Å². The number of anilines is 1. The molecule has 1 saturated heterocycles. The zero-order chi connectivity index (χ0) is 23.7. The summed E-state index contributed by atoms with van der Waals surface area (Å²) in [4.78, 5) is 21.2. The number of aromatic nitrogens is 3. The van der Waals surface area contributed by atoms with E-state index in [4.69, 9.17) is 4.98 Å². The Kier molecular flexibility index (Phi) is 6.56. The normalized spacial score (nSPS) is 16.2. The summed E-state index contributed by atoms with van der Waals surface area (Å²) in [5.74, 6) is -0.258. The van der Waals surface area contributed by atoms with Gasteiger partial charge in [-0.05, 0) is 68.0 Å². The molecule has 9 heteroatoms. The van der Waals surface area contributed by atoms with Crippen LogP contribution in [0.2, 0.25) is 0 Å². The number of fused-ring (bicyclic) bond motifs is 1. The first-order valence-electron chi connectivity index (χ1n) is 11.3. The number of amides is 1. The average Bonchev–Trinajstić information content (AvgIpc) is 3.44. The lowest BCUT2D eigenvalue weighted by Crippen LogP contribution is -2.43. The number of benzene rings is 2. The quantitative estimate of drug-likeness (QED) is 0.373. The minimum absolute atomic E-state index is 0.0686. The van der Waals surface area contributed by atoms with Gasteiger partial charge in [0, 0.05) is 24.5 Å². The van der Waals surface area contributed by atoms with Crippen LogP contribution < -0.4 is 10.2 Å². The number of hydrogen-bond donors (Lipinski definition) is 1. The third-order valence-electron chi connectivity index (χ3n) is 6.14. The van der Waals surface area contributed by atoms with Gasteiger partial charge in [-0.25, -0.2) is 9.07 Å². The average molecular weight is 496 g/mol. The Balaban J connectivity index is 1.29. The number of thiazole rings is 1. The first-order chi connectivity index (χ1) is 16.5. The number of nitrogens with zero attached hydrogens (tertiary/aromatic N) is 4. The van der Waals surface area contributed by atoms with Crippen molar-refractivity contribution in [2.75, 3.05) is 24.2 Å². The molecule has 4 aromatic rings. The molecule has 1 amide bonds. The molecule has 0 aliphatic carbocycles. The second kappa shape index (κ2) is 9.76. The zero-order valence-electron chi connectivity index (χ0n) is 19.1. The van der Waals surface area contributed by atoms with E-state index in [1.54, 1.807) is 39.9 Å². The van der Waals surface area contributed by atoms with E-state index in [1.807, 2.05) is 6.92 Å². The van der Waals surface area contributed by atoms with Crippen molar-refractivity contribution < 1.29 is 9.18 Å². The van der Waals surface area contributed by atoms with Crippen LogP contribution in [0.4, 0.5) is 9.52 Å². The molecule has 5 rings (SSSR count). The van der Waals surface area contributed by atoms with Crippen molar-refractivity contribution in [3.05, 3.63) is 65.6 Å². The third kappa shape index (κ3) is 4.67. The van der Waals surface area contributed by atoms with E-state index in [9.17, 15) is 9.18 Å². The molecule has 0 unspecified atom stereocenters. The van der Waals surface area contributed by atoms with Crippen LogP contribution in [-0.2, 0) is 11.3 Å². The third-order valence-corrected chi connectivity index (χ3v) is 8.09. The van der Waals surface area contributed by atoms with Gasteiger partial charge >= 0.3 is 0 Å². The van der Waals surface area contributed by atoms with Gasteiger partial charge in [0.25, 0.3) is 0 Å². The number of carbonyl (C=O) groups is 1. The fourth-order valence-electron chi connectivity index (χ4n) is 4.26. The molecule has 1 fully saturated rings. The van der Waals surface area contributed by atoms with Gasteiger partial charge < -0.3 is 10.2 Å². The summed E-state index contributed by atoms with van der Waals surface area (Å²) in [6.45, 7) is 4.02. The Hall–Kier alpha value is -2.91. The molecule has 0 saturated carbocycles. The van der Waals surface area contributed by atoms with Crippen molar-refractivity contribution in [2.45, 2.75) is 31.2 Å². The van der Waals surface area contributed by atoms with Crippen LogP contribution in [0.5, 0.6) is 0 Å². The summed E-state index contributed by atoms with van der Waals surface area (Å²) in [6, 6.07) is 14.5. The molecular weight excluding hydrogens is 469 g/mol. The Morgan fingerprint density at radius 1 is 1.21 bits per heavy atom. The molecule has 176 valence electrons. The lowest BCUT2D eigenvalue weighted by molar-refractivity contribution is -0.125. The molecule has 0 radical (unpaired) electrons. The minimum atomic E-state index is -0.280. The largest absolute Gasteiger partial charge is 0.352 e. The van der Waals surface area contributed by atoms with Gasteiger partial charge in [0.1, 0.15) is 5.82 Å². The van der Waals surface area contributed by atoms with E-state index in [-0.39, 0.29) is 17.6 Å². The zero-order valence-corrected chi connectivity index (χ0v) is 20.8. The predicted octanol–water partition coefficient (Wildman–Crippen LogP) is 5.18. The van der Waals surface area contributed by atoms with Crippen molar-refractivity contribution in [1.29, 1.82) is 0 Å². The number of piperidine rings is 1. The Bertz CT molecular complexity index is 1300. The number of nitrogens with one attached hydrogen (secondary N) is 1. The van der Waals surface area contributed by atoms with Crippen molar-refractivity contribution in [3.8, 4) is 5.69 Å². The minimum Gasteiger partial charge on any atom is -0.352 e. The second-order valence-electron chi connectivity index (χ2n) is 8.47. The number of carbonyl (C=O) groups excluding carboxylic acids is 1. The van der Waals surface area contributed by atoms with Gasteiger partial charge in [0.15, 0.2) is 10.8 Å². The number of rotatable bonds is 6. The van der Waals surface area contributed by atoms with Gasteiger partial charge in [0.2, 0.25) is 5.91 Å².